The Morgan fingerprint density at radius 3 is 2.48 bits per heavy atom. The van der Waals surface area contributed by atoms with Crippen molar-refractivity contribution in [2.24, 2.45) is 0 Å². The Morgan fingerprint density at radius 2 is 1.96 bits per heavy atom. The fourth-order valence-corrected chi connectivity index (χ4v) is 1.87. The summed E-state index contributed by atoms with van der Waals surface area (Å²) in [5.74, 6) is -1.45. The molecule has 1 aromatic rings. The van der Waals surface area contributed by atoms with Crippen LogP contribution in [0, 0.1) is 5.82 Å². The van der Waals surface area contributed by atoms with E-state index in [0.29, 0.717) is 5.56 Å². The van der Waals surface area contributed by atoms with E-state index < -0.39 is 29.2 Å². The number of esters is 1. The molecule has 0 fully saturated rings. The summed E-state index contributed by atoms with van der Waals surface area (Å²) in [5, 5.41) is 12.5. The first kappa shape index (κ1) is 18.9. The van der Waals surface area contributed by atoms with E-state index in [4.69, 9.17) is 4.74 Å². The largest absolute Gasteiger partial charge is 0.465 e. The first-order chi connectivity index (χ1) is 10.6. The van der Waals surface area contributed by atoms with E-state index in [0.717, 1.165) is 7.11 Å². The monoisotopic (exact) mass is 327 g/mol. The van der Waals surface area contributed by atoms with Crippen molar-refractivity contribution in [2.75, 3.05) is 7.11 Å². The molecule has 0 saturated heterocycles. The molecule has 0 saturated carbocycles. The molecule has 23 heavy (non-hydrogen) atoms. The lowest BCUT2D eigenvalue weighted by molar-refractivity contribution is -0.166. The quantitative estimate of drug-likeness (QED) is 0.639. The molecule has 0 aliphatic heterocycles. The zero-order valence-electron chi connectivity index (χ0n) is 13.7. The maximum absolute atomic E-state index is 13.2. The highest BCUT2D eigenvalue weighted by Crippen LogP contribution is 2.16. The highest BCUT2D eigenvalue weighted by atomic mass is 19.1. The number of aliphatic hydroxyl groups is 1. The molecule has 1 rings (SSSR count). The van der Waals surface area contributed by atoms with Gasteiger partial charge in [-0.05, 0) is 44.9 Å². The second kappa shape index (κ2) is 7.41. The molecule has 0 heterocycles. The fraction of sp³-hybridized carbons (Fsp3) is 0.500. The third-order valence-corrected chi connectivity index (χ3v) is 2.90. The van der Waals surface area contributed by atoms with Gasteiger partial charge in [-0.25, -0.2) is 14.0 Å². The van der Waals surface area contributed by atoms with Gasteiger partial charge in [0, 0.05) is 6.42 Å². The molecular formula is C16H22FNO5. The smallest absolute Gasteiger partial charge is 0.410 e. The highest BCUT2D eigenvalue weighted by molar-refractivity contribution is 5.83. The van der Waals surface area contributed by atoms with Crippen LogP contribution in [0.1, 0.15) is 32.8 Å². The van der Waals surface area contributed by atoms with Crippen LogP contribution < -0.4 is 5.32 Å². The Morgan fingerprint density at radius 1 is 1.30 bits per heavy atom. The zero-order valence-corrected chi connectivity index (χ0v) is 13.7. The van der Waals surface area contributed by atoms with Gasteiger partial charge in [-0.2, -0.15) is 0 Å². The minimum atomic E-state index is -2.26. The number of hydrogen-bond acceptors (Lipinski definition) is 5. The number of alkyl carbamates (subject to hydrolysis) is 1. The fourth-order valence-electron chi connectivity index (χ4n) is 1.87. The van der Waals surface area contributed by atoms with E-state index >= 15 is 0 Å². The maximum atomic E-state index is 13.2. The van der Waals surface area contributed by atoms with Crippen LogP contribution in [0.15, 0.2) is 24.3 Å². The number of methoxy groups -OCH3 is 1. The van der Waals surface area contributed by atoms with E-state index in [-0.39, 0.29) is 12.8 Å². The number of rotatable bonds is 5. The molecular weight excluding hydrogens is 305 g/mol. The van der Waals surface area contributed by atoms with Crippen LogP contribution in [0.25, 0.3) is 0 Å². The number of carbonyl (C=O) groups excluding carboxylic acids is 2. The van der Waals surface area contributed by atoms with Gasteiger partial charge in [-0.1, -0.05) is 12.1 Å². The van der Waals surface area contributed by atoms with Crippen LogP contribution in [0.4, 0.5) is 9.18 Å². The molecule has 0 unspecified atom stereocenters. The van der Waals surface area contributed by atoms with Gasteiger partial charge in [0.05, 0.1) is 7.11 Å². The normalized spacial score (nSPS) is 13.8. The number of aryl methyl sites for hydroxylation is 1. The van der Waals surface area contributed by atoms with E-state index in [1.165, 1.54) is 18.2 Å². The van der Waals surface area contributed by atoms with Crippen molar-refractivity contribution in [1.29, 1.82) is 0 Å². The minimum Gasteiger partial charge on any atom is -0.465 e. The molecule has 7 heteroatoms. The predicted octanol–water partition coefficient (Wildman–Crippen LogP) is 2.14. The van der Waals surface area contributed by atoms with Crippen LogP contribution in [0.5, 0.6) is 0 Å². The van der Waals surface area contributed by atoms with E-state index in [1.54, 1.807) is 26.8 Å². The average Bonchev–Trinajstić information content (AvgIpc) is 2.42. The van der Waals surface area contributed by atoms with Crippen LogP contribution in [-0.4, -0.2) is 35.6 Å². The lowest BCUT2D eigenvalue weighted by Crippen LogP contribution is -2.56. The number of amides is 1. The Labute approximate surface area is 134 Å². The summed E-state index contributed by atoms with van der Waals surface area (Å²) in [7, 11) is 1.09. The van der Waals surface area contributed by atoms with Crippen LogP contribution in [0.3, 0.4) is 0 Å². The number of ether oxygens (including phenoxy) is 2. The molecule has 1 amide bonds. The molecule has 128 valence electrons. The van der Waals surface area contributed by atoms with Gasteiger partial charge in [0.25, 0.3) is 0 Å². The maximum Gasteiger partial charge on any atom is 0.410 e. The Kier molecular flexibility index (Phi) is 6.09. The first-order valence-electron chi connectivity index (χ1n) is 7.12. The summed E-state index contributed by atoms with van der Waals surface area (Å²) in [6.07, 6.45) is -0.994. The number of carbonyl (C=O) groups is 2. The Balaban J connectivity index is 2.82. The molecule has 0 bridgehead atoms. The molecule has 1 atom stereocenters. The van der Waals surface area contributed by atoms with Crippen molar-refractivity contribution in [3.05, 3.63) is 35.6 Å². The van der Waals surface area contributed by atoms with Crippen molar-refractivity contribution < 1.29 is 28.6 Å². The Bertz CT molecular complexity index is 570. The molecule has 0 spiro atoms. The SMILES string of the molecule is COC(=O)[C@@](O)(CCc1cccc(F)c1)NC(=O)OC(C)(C)C. The summed E-state index contributed by atoms with van der Waals surface area (Å²) < 4.78 is 22.7. The second-order valence-electron chi connectivity index (χ2n) is 6.11. The number of nitrogens with one attached hydrogen (secondary N) is 1. The molecule has 0 aromatic heterocycles. The predicted molar refractivity (Wildman–Crippen MR) is 81.1 cm³/mol. The van der Waals surface area contributed by atoms with Gasteiger partial charge in [-0.3, -0.25) is 5.32 Å². The number of hydrogen-bond donors (Lipinski definition) is 2. The van der Waals surface area contributed by atoms with Crippen LogP contribution in [-0.2, 0) is 20.7 Å². The summed E-state index contributed by atoms with van der Waals surface area (Å²) in [6, 6.07) is 5.73. The van der Waals surface area contributed by atoms with Gasteiger partial charge >= 0.3 is 12.1 Å². The van der Waals surface area contributed by atoms with Gasteiger partial charge in [-0.15, -0.1) is 0 Å². The van der Waals surface area contributed by atoms with E-state index in [9.17, 15) is 19.1 Å². The van der Waals surface area contributed by atoms with Gasteiger partial charge in [0.1, 0.15) is 11.4 Å². The van der Waals surface area contributed by atoms with Crippen molar-refractivity contribution in [2.45, 2.75) is 44.9 Å². The molecule has 2 N–H and O–H groups in total. The van der Waals surface area contributed by atoms with Crippen molar-refractivity contribution in [3.8, 4) is 0 Å². The Hall–Kier alpha value is -2.15. The zero-order chi connectivity index (χ0) is 17.7. The molecule has 1 aromatic carbocycles. The van der Waals surface area contributed by atoms with E-state index in [2.05, 4.69) is 10.1 Å². The number of benzene rings is 1. The van der Waals surface area contributed by atoms with Crippen molar-refractivity contribution >= 4 is 12.1 Å². The summed E-state index contributed by atoms with van der Waals surface area (Å²) >= 11 is 0. The lowest BCUT2D eigenvalue weighted by Gasteiger charge is -2.28. The summed E-state index contributed by atoms with van der Waals surface area (Å²) in [5.41, 5.74) is -2.48. The molecule has 0 aliphatic carbocycles. The number of halogens is 1. The van der Waals surface area contributed by atoms with Crippen LogP contribution in [0.2, 0.25) is 0 Å². The standard InChI is InChI=1S/C16H22FNO5/c1-15(2,3)23-14(20)18-16(21,13(19)22-4)9-8-11-6-5-7-12(17)10-11/h5-7,10,21H,8-9H2,1-4H3,(H,18,20)/t16-/m0/s1. The minimum absolute atomic E-state index is 0.152. The second-order valence-corrected chi connectivity index (χ2v) is 6.11. The first-order valence-corrected chi connectivity index (χ1v) is 7.12. The lowest BCUT2D eigenvalue weighted by atomic mass is 10.0. The van der Waals surface area contributed by atoms with Crippen molar-refractivity contribution in [3.63, 3.8) is 0 Å². The highest BCUT2D eigenvalue weighted by Gasteiger charge is 2.40. The molecule has 6 nitrogen and oxygen atoms in total. The van der Waals surface area contributed by atoms with Crippen molar-refractivity contribution in [1.82, 2.24) is 5.32 Å². The van der Waals surface area contributed by atoms with Gasteiger partial charge in [0.2, 0.25) is 5.72 Å². The topological polar surface area (TPSA) is 84.9 Å². The van der Waals surface area contributed by atoms with Gasteiger partial charge < -0.3 is 14.6 Å². The summed E-state index contributed by atoms with van der Waals surface area (Å²) in [4.78, 5) is 23.6. The average molecular weight is 327 g/mol. The molecule has 0 radical (unpaired) electrons. The third kappa shape index (κ3) is 6.23. The third-order valence-electron chi connectivity index (χ3n) is 2.90. The van der Waals surface area contributed by atoms with Gasteiger partial charge in [0.15, 0.2) is 0 Å². The van der Waals surface area contributed by atoms with E-state index in [1.807, 2.05) is 0 Å². The van der Waals surface area contributed by atoms with Crippen LogP contribution >= 0.6 is 0 Å². The summed E-state index contributed by atoms with van der Waals surface area (Å²) in [6.45, 7) is 4.95. The molecule has 0 aliphatic rings.